The number of benzene rings is 1. The molecule has 0 saturated heterocycles. The Hall–Kier alpha value is -1.29. The molecule has 1 fully saturated rings. The highest BCUT2D eigenvalue weighted by molar-refractivity contribution is 9.10. The summed E-state index contributed by atoms with van der Waals surface area (Å²) in [4.78, 5) is 14.0. The number of aromatic hydroxyl groups is 1. The summed E-state index contributed by atoms with van der Waals surface area (Å²) in [5, 5.41) is 9.78. The molecule has 0 aliphatic heterocycles. The van der Waals surface area contributed by atoms with Gasteiger partial charge in [-0.3, -0.25) is 4.79 Å². The van der Waals surface area contributed by atoms with Crippen LogP contribution in [0.5, 0.6) is 5.75 Å². The van der Waals surface area contributed by atoms with Gasteiger partial charge in [0.15, 0.2) is 0 Å². The van der Waals surface area contributed by atoms with Gasteiger partial charge in [0.25, 0.3) is 5.91 Å². The van der Waals surface area contributed by atoms with Crippen LogP contribution in [0.4, 0.5) is 0 Å². The van der Waals surface area contributed by atoms with Crippen molar-refractivity contribution in [3.8, 4) is 5.75 Å². The second-order valence-corrected chi connectivity index (χ2v) is 5.05. The predicted octanol–water partition coefficient (Wildman–Crippen LogP) is 2.95. The van der Waals surface area contributed by atoms with Gasteiger partial charge in [-0.25, -0.2) is 0 Å². The first-order valence-electron chi connectivity index (χ1n) is 5.54. The fourth-order valence-corrected chi connectivity index (χ4v) is 2.11. The maximum absolute atomic E-state index is 12.3. The van der Waals surface area contributed by atoms with E-state index in [1.165, 1.54) is 6.07 Å². The number of carbonyl (C=O) groups is 1. The number of carbonyl (C=O) groups excluding carboxylic acids is 1. The van der Waals surface area contributed by atoms with Crippen molar-refractivity contribution in [1.82, 2.24) is 4.90 Å². The molecule has 0 heterocycles. The standard InChI is InChI=1S/C13H14BrNO2/c1-2-7-15(10-4-5-10)13(17)11-6-3-9(14)8-12(11)16/h2-3,6,8,10,16H,1,4-5,7H2. The Bertz CT molecular complexity index is 455. The lowest BCUT2D eigenvalue weighted by molar-refractivity contribution is 0.0759. The first-order chi connectivity index (χ1) is 8.13. The van der Waals surface area contributed by atoms with Gasteiger partial charge in [0.1, 0.15) is 5.75 Å². The number of rotatable bonds is 4. The lowest BCUT2D eigenvalue weighted by Crippen LogP contribution is -2.33. The van der Waals surface area contributed by atoms with E-state index in [1.807, 2.05) is 0 Å². The van der Waals surface area contributed by atoms with E-state index in [2.05, 4.69) is 22.5 Å². The maximum Gasteiger partial charge on any atom is 0.258 e. The maximum atomic E-state index is 12.3. The topological polar surface area (TPSA) is 40.5 Å². The van der Waals surface area contributed by atoms with Crippen molar-refractivity contribution >= 4 is 21.8 Å². The Morgan fingerprint density at radius 3 is 2.82 bits per heavy atom. The van der Waals surface area contributed by atoms with Gasteiger partial charge < -0.3 is 10.0 Å². The minimum absolute atomic E-state index is 0.0130. The third kappa shape index (κ3) is 2.69. The minimum Gasteiger partial charge on any atom is -0.507 e. The number of amides is 1. The number of hydrogen-bond donors (Lipinski definition) is 1. The molecule has 1 amide bonds. The fourth-order valence-electron chi connectivity index (χ4n) is 1.76. The van der Waals surface area contributed by atoms with Crippen LogP contribution in [-0.4, -0.2) is 28.5 Å². The van der Waals surface area contributed by atoms with Gasteiger partial charge in [0.2, 0.25) is 0 Å². The van der Waals surface area contributed by atoms with E-state index in [4.69, 9.17) is 0 Å². The van der Waals surface area contributed by atoms with E-state index in [0.717, 1.165) is 17.3 Å². The summed E-state index contributed by atoms with van der Waals surface area (Å²) in [6.07, 6.45) is 3.79. The van der Waals surface area contributed by atoms with Gasteiger partial charge in [0, 0.05) is 17.1 Å². The van der Waals surface area contributed by atoms with Crippen molar-refractivity contribution in [2.75, 3.05) is 6.54 Å². The highest BCUT2D eigenvalue weighted by Crippen LogP contribution is 2.30. The molecule has 4 heteroatoms. The number of phenols is 1. The Morgan fingerprint density at radius 1 is 1.59 bits per heavy atom. The van der Waals surface area contributed by atoms with Crippen molar-refractivity contribution in [3.63, 3.8) is 0 Å². The molecule has 0 unspecified atom stereocenters. The summed E-state index contributed by atoms with van der Waals surface area (Å²) in [7, 11) is 0. The third-order valence-corrected chi connectivity index (χ3v) is 3.26. The average Bonchev–Trinajstić information content (AvgIpc) is 3.09. The van der Waals surface area contributed by atoms with Crippen molar-refractivity contribution in [1.29, 1.82) is 0 Å². The molecule has 0 aromatic heterocycles. The highest BCUT2D eigenvalue weighted by atomic mass is 79.9. The summed E-state index contributed by atoms with van der Waals surface area (Å²) in [5.74, 6) is -0.114. The molecule has 17 heavy (non-hydrogen) atoms. The number of phenolic OH excluding ortho intramolecular Hbond substituents is 1. The van der Waals surface area contributed by atoms with Crippen molar-refractivity contribution in [3.05, 3.63) is 40.9 Å². The molecule has 1 aromatic carbocycles. The second-order valence-electron chi connectivity index (χ2n) is 4.14. The summed E-state index contributed by atoms with van der Waals surface area (Å²) < 4.78 is 0.758. The van der Waals surface area contributed by atoms with Gasteiger partial charge in [0.05, 0.1) is 5.56 Å². The zero-order valence-electron chi connectivity index (χ0n) is 9.40. The molecule has 90 valence electrons. The summed E-state index contributed by atoms with van der Waals surface area (Å²) >= 11 is 3.25. The van der Waals surface area contributed by atoms with Crippen LogP contribution in [0.15, 0.2) is 35.3 Å². The largest absolute Gasteiger partial charge is 0.507 e. The van der Waals surface area contributed by atoms with Crippen LogP contribution in [0, 0.1) is 0 Å². The molecule has 0 atom stereocenters. The van der Waals surface area contributed by atoms with E-state index in [1.54, 1.807) is 23.1 Å². The van der Waals surface area contributed by atoms with Crippen LogP contribution in [0.3, 0.4) is 0 Å². The lowest BCUT2D eigenvalue weighted by atomic mass is 10.1. The van der Waals surface area contributed by atoms with Gasteiger partial charge in [-0.1, -0.05) is 22.0 Å². The first-order valence-corrected chi connectivity index (χ1v) is 6.33. The van der Waals surface area contributed by atoms with E-state index in [-0.39, 0.29) is 11.7 Å². The minimum atomic E-state index is -0.127. The van der Waals surface area contributed by atoms with Crippen LogP contribution in [0.25, 0.3) is 0 Å². The lowest BCUT2D eigenvalue weighted by Gasteiger charge is -2.21. The van der Waals surface area contributed by atoms with Gasteiger partial charge >= 0.3 is 0 Å². The zero-order chi connectivity index (χ0) is 12.4. The van der Waals surface area contributed by atoms with Crippen LogP contribution in [0.2, 0.25) is 0 Å². The molecule has 0 radical (unpaired) electrons. The van der Waals surface area contributed by atoms with E-state index >= 15 is 0 Å². The monoisotopic (exact) mass is 295 g/mol. The van der Waals surface area contributed by atoms with E-state index in [0.29, 0.717) is 18.2 Å². The van der Waals surface area contributed by atoms with Crippen LogP contribution in [0.1, 0.15) is 23.2 Å². The number of halogens is 1. The molecule has 1 N–H and O–H groups in total. The molecular weight excluding hydrogens is 282 g/mol. The molecule has 3 nitrogen and oxygen atoms in total. The molecule has 0 spiro atoms. The molecule has 2 rings (SSSR count). The average molecular weight is 296 g/mol. The van der Waals surface area contributed by atoms with Crippen LogP contribution < -0.4 is 0 Å². The molecule has 1 aliphatic carbocycles. The fraction of sp³-hybridized carbons (Fsp3) is 0.308. The Balaban J connectivity index is 2.24. The summed E-state index contributed by atoms with van der Waals surface area (Å²) in [6, 6.07) is 5.24. The third-order valence-electron chi connectivity index (χ3n) is 2.76. The SMILES string of the molecule is C=CCN(C(=O)c1ccc(Br)cc1O)C1CC1. The Morgan fingerprint density at radius 2 is 2.29 bits per heavy atom. The Kier molecular flexibility index (Phi) is 3.52. The molecule has 1 saturated carbocycles. The molecular formula is C13H14BrNO2. The first kappa shape index (κ1) is 12.2. The molecule has 1 aromatic rings. The van der Waals surface area contributed by atoms with Crippen LogP contribution >= 0.6 is 15.9 Å². The van der Waals surface area contributed by atoms with Gasteiger partial charge in [-0.15, -0.1) is 6.58 Å². The van der Waals surface area contributed by atoms with Crippen molar-refractivity contribution in [2.24, 2.45) is 0 Å². The van der Waals surface area contributed by atoms with Gasteiger partial charge in [-0.2, -0.15) is 0 Å². The Labute approximate surface area is 109 Å². The van der Waals surface area contributed by atoms with Crippen molar-refractivity contribution in [2.45, 2.75) is 18.9 Å². The zero-order valence-corrected chi connectivity index (χ0v) is 11.0. The highest BCUT2D eigenvalue weighted by Gasteiger charge is 2.33. The van der Waals surface area contributed by atoms with E-state index in [9.17, 15) is 9.90 Å². The molecule has 0 bridgehead atoms. The molecule has 1 aliphatic rings. The van der Waals surface area contributed by atoms with Crippen LogP contribution in [-0.2, 0) is 0 Å². The van der Waals surface area contributed by atoms with E-state index < -0.39 is 0 Å². The number of nitrogens with zero attached hydrogens (tertiary/aromatic N) is 1. The normalized spacial score (nSPS) is 14.4. The quantitative estimate of drug-likeness (QED) is 0.868. The second kappa shape index (κ2) is 4.92. The summed E-state index contributed by atoms with van der Waals surface area (Å²) in [6.45, 7) is 4.19. The van der Waals surface area contributed by atoms with Crippen molar-refractivity contribution < 1.29 is 9.90 Å². The smallest absolute Gasteiger partial charge is 0.258 e. The van der Waals surface area contributed by atoms with Gasteiger partial charge in [-0.05, 0) is 31.0 Å². The summed E-state index contributed by atoms with van der Waals surface area (Å²) in [5.41, 5.74) is 0.349. The predicted molar refractivity (Wildman–Crippen MR) is 70.1 cm³/mol. The number of hydrogen-bond acceptors (Lipinski definition) is 2.